The average Bonchev–Trinajstić information content (AvgIpc) is 3.15. The van der Waals surface area contributed by atoms with E-state index in [1.54, 1.807) is 6.08 Å². The van der Waals surface area contributed by atoms with Crippen LogP contribution in [0.2, 0.25) is 0 Å². The quantitative estimate of drug-likeness (QED) is 0.344. The van der Waals surface area contributed by atoms with E-state index in [0.717, 1.165) is 5.75 Å². The predicted octanol–water partition coefficient (Wildman–Crippen LogP) is 3.95. The largest absolute Gasteiger partial charge is 0.485 e. The first-order valence-electron chi connectivity index (χ1n) is 8.90. The number of hydrogen-bond donors (Lipinski definition) is 0. The molecule has 0 spiro atoms. The van der Waals surface area contributed by atoms with Gasteiger partial charge >= 0.3 is 0 Å². The number of carbonyl (C=O) groups excluding carboxylic acids is 1. The molecule has 0 saturated carbocycles. The first-order chi connectivity index (χ1) is 13.8. The molecule has 0 aliphatic carbocycles. The molecule has 6 nitrogen and oxygen atoms in total. The van der Waals surface area contributed by atoms with Crippen LogP contribution in [-0.2, 0) is 6.54 Å². The Kier molecular flexibility index (Phi) is 5.43. The van der Waals surface area contributed by atoms with E-state index in [9.17, 15) is 4.79 Å². The summed E-state index contributed by atoms with van der Waals surface area (Å²) in [6, 6.07) is 16.8. The molecule has 0 saturated heterocycles. The molecule has 7 heteroatoms. The molecule has 1 atom stereocenters. The number of ether oxygens (including phenoxy) is 2. The van der Waals surface area contributed by atoms with Crippen LogP contribution < -0.4 is 9.47 Å². The standard InChI is InChI=1S/C21H19N3O3S/c1-2-12-24-20(19-13-26-17-10-6-7-11-18(17)27-19)22-23-21(24)28-14-16(25)15-8-4-3-5-9-15/h2-11,19H,1,12-14H2. The highest BCUT2D eigenvalue weighted by molar-refractivity contribution is 7.99. The second-order valence-electron chi connectivity index (χ2n) is 6.18. The lowest BCUT2D eigenvalue weighted by Crippen LogP contribution is -2.25. The Morgan fingerprint density at radius 1 is 1.14 bits per heavy atom. The molecule has 0 bridgehead atoms. The van der Waals surface area contributed by atoms with Crippen molar-refractivity contribution in [2.45, 2.75) is 17.8 Å². The number of para-hydroxylation sites is 2. The lowest BCUT2D eigenvalue weighted by Gasteiger charge is -2.26. The Morgan fingerprint density at radius 2 is 1.89 bits per heavy atom. The van der Waals surface area contributed by atoms with E-state index in [4.69, 9.17) is 9.47 Å². The third-order valence-electron chi connectivity index (χ3n) is 4.28. The highest BCUT2D eigenvalue weighted by Gasteiger charge is 2.28. The van der Waals surface area contributed by atoms with Crippen molar-refractivity contribution < 1.29 is 14.3 Å². The molecule has 28 heavy (non-hydrogen) atoms. The van der Waals surface area contributed by atoms with Crippen molar-refractivity contribution in [3.05, 3.63) is 78.6 Å². The Balaban J connectivity index is 1.51. The maximum Gasteiger partial charge on any atom is 0.192 e. The summed E-state index contributed by atoms with van der Waals surface area (Å²) >= 11 is 1.36. The highest BCUT2D eigenvalue weighted by Crippen LogP contribution is 2.36. The molecular formula is C21H19N3O3S. The molecule has 1 aliphatic rings. The molecule has 1 unspecified atom stereocenters. The van der Waals surface area contributed by atoms with E-state index in [0.29, 0.717) is 35.4 Å². The number of aromatic nitrogens is 3. The van der Waals surface area contributed by atoms with Crippen molar-refractivity contribution in [1.82, 2.24) is 14.8 Å². The molecule has 0 radical (unpaired) electrons. The van der Waals surface area contributed by atoms with Gasteiger partial charge in [-0.2, -0.15) is 0 Å². The number of benzene rings is 2. The Bertz CT molecular complexity index is 988. The van der Waals surface area contributed by atoms with Crippen LogP contribution in [0.15, 0.2) is 72.4 Å². The average molecular weight is 393 g/mol. The van der Waals surface area contributed by atoms with Gasteiger partial charge in [0.1, 0.15) is 6.61 Å². The van der Waals surface area contributed by atoms with Gasteiger partial charge in [-0.1, -0.05) is 60.3 Å². The van der Waals surface area contributed by atoms with Crippen LogP contribution in [-0.4, -0.2) is 32.9 Å². The van der Waals surface area contributed by atoms with Crippen molar-refractivity contribution in [1.29, 1.82) is 0 Å². The van der Waals surface area contributed by atoms with Crippen molar-refractivity contribution >= 4 is 17.5 Å². The van der Waals surface area contributed by atoms with Crippen molar-refractivity contribution in [3.63, 3.8) is 0 Å². The molecule has 142 valence electrons. The SMILES string of the molecule is C=CCn1c(SCC(=O)c2ccccc2)nnc1C1COc2ccccc2O1. The summed E-state index contributed by atoms with van der Waals surface area (Å²) in [5.74, 6) is 2.39. The van der Waals surface area contributed by atoms with Gasteiger partial charge in [-0.15, -0.1) is 16.8 Å². The second kappa shape index (κ2) is 8.31. The zero-order chi connectivity index (χ0) is 19.3. The third-order valence-corrected chi connectivity index (χ3v) is 5.25. The van der Waals surface area contributed by atoms with Crippen molar-refractivity contribution in [3.8, 4) is 11.5 Å². The van der Waals surface area contributed by atoms with Gasteiger partial charge < -0.3 is 9.47 Å². The Labute approximate surface area is 167 Å². The van der Waals surface area contributed by atoms with Crippen molar-refractivity contribution in [2.24, 2.45) is 0 Å². The van der Waals surface area contributed by atoms with E-state index in [1.165, 1.54) is 11.8 Å². The molecule has 2 heterocycles. The van der Waals surface area contributed by atoms with E-state index < -0.39 is 0 Å². The fourth-order valence-corrected chi connectivity index (χ4v) is 3.78. The van der Waals surface area contributed by atoms with Crippen LogP contribution in [0.5, 0.6) is 11.5 Å². The van der Waals surface area contributed by atoms with Gasteiger partial charge in [0, 0.05) is 12.1 Å². The summed E-state index contributed by atoms with van der Waals surface area (Å²) in [7, 11) is 0. The van der Waals surface area contributed by atoms with E-state index in [2.05, 4.69) is 16.8 Å². The number of nitrogens with zero attached hydrogens (tertiary/aromatic N) is 3. The summed E-state index contributed by atoms with van der Waals surface area (Å²) in [5.41, 5.74) is 0.686. The molecule has 0 N–H and O–H groups in total. The molecule has 4 rings (SSSR count). The van der Waals surface area contributed by atoms with Crippen LogP contribution in [0.25, 0.3) is 0 Å². The molecule has 3 aromatic rings. The van der Waals surface area contributed by atoms with Gasteiger partial charge in [0.15, 0.2) is 34.4 Å². The Morgan fingerprint density at radius 3 is 2.68 bits per heavy atom. The first-order valence-corrected chi connectivity index (χ1v) is 9.88. The number of carbonyl (C=O) groups is 1. The van der Waals surface area contributed by atoms with Gasteiger partial charge in [-0.05, 0) is 12.1 Å². The summed E-state index contributed by atoms with van der Waals surface area (Å²) in [5, 5.41) is 9.24. The lowest BCUT2D eigenvalue weighted by molar-refractivity contribution is 0.0821. The van der Waals surface area contributed by atoms with Crippen LogP contribution >= 0.6 is 11.8 Å². The molecule has 1 aliphatic heterocycles. The first kappa shape index (κ1) is 18.3. The molecule has 0 fully saturated rings. The third kappa shape index (κ3) is 3.80. The monoisotopic (exact) mass is 393 g/mol. The maximum absolute atomic E-state index is 12.4. The number of rotatable bonds is 7. The van der Waals surface area contributed by atoms with Crippen LogP contribution in [0.4, 0.5) is 0 Å². The second-order valence-corrected chi connectivity index (χ2v) is 7.12. The van der Waals surface area contributed by atoms with E-state index in [-0.39, 0.29) is 17.6 Å². The minimum absolute atomic E-state index is 0.0477. The van der Waals surface area contributed by atoms with Crippen LogP contribution in [0.3, 0.4) is 0 Å². The molecule has 2 aromatic carbocycles. The number of hydrogen-bond acceptors (Lipinski definition) is 6. The number of ketones is 1. The highest BCUT2D eigenvalue weighted by atomic mass is 32.2. The predicted molar refractivity (Wildman–Crippen MR) is 107 cm³/mol. The molecule has 0 amide bonds. The summed E-state index contributed by atoms with van der Waals surface area (Å²) in [6.45, 7) is 4.68. The van der Waals surface area contributed by atoms with Gasteiger partial charge in [0.2, 0.25) is 0 Å². The maximum atomic E-state index is 12.4. The Hall–Kier alpha value is -3.06. The van der Waals surface area contributed by atoms with Crippen molar-refractivity contribution in [2.75, 3.05) is 12.4 Å². The van der Waals surface area contributed by atoms with Gasteiger partial charge in [0.05, 0.1) is 5.75 Å². The zero-order valence-electron chi connectivity index (χ0n) is 15.2. The van der Waals surface area contributed by atoms with Gasteiger partial charge in [-0.3, -0.25) is 9.36 Å². The van der Waals surface area contributed by atoms with Crippen LogP contribution in [0, 0.1) is 0 Å². The fraction of sp³-hybridized carbons (Fsp3) is 0.190. The molecular weight excluding hydrogens is 374 g/mol. The van der Waals surface area contributed by atoms with Gasteiger partial charge in [0.25, 0.3) is 0 Å². The minimum atomic E-state index is -0.374. The fourth-order valence-electron chi connectivity index (χ4n) is 2.93. The smallest absolute Gasteiger partial charge is 0.192 e. The zero-order valence-corrected chi connectivity index (χ0v) is 16.0. The summed E-state index contributed by atoms with van der Waals surface area (Å²) in [6.07, 6.45) is 1.40. The summed E-state index contributed by atoms with van der Waals surface area (Å²) in [4.78, 5) is 12.4. The topological polar surface area (TPSA) is 66.2 Å². The lowest BCUT2D eigenvalue weighted by atomic mass is 10.2. The molecule has 1 aromatic heterocycles. The number of Topliss-reactive ketones (excluding diaryl/α,β-unsaturated/α-hetero) is 1. The van der Waals surface area contributed by atoms with E-state index >= 15 is 0 Å². The van der Waals surface area contributed by atoms with Crippen LogP contribution in [0.1, 0.15) is 22.3 Å². The number of allylic oxidation sites excluding steroid dienone is 1. The minimum Gasteiger partial charge on any atom is -0.485 e. The number of thioether (sulfide) groups is 1. The normalized spacial score (nSPS) is 15.2. The van der Waals surface area contributed by atoms with E-state index in [1.807, 2.05) is 59.2 Å². The number of fused-ring (bicyclic) bond motifs is 1. The summed E-state index contributed by atoms with van der Waals surface area (Å²) < 4.78 is 13.8. The van der Waals surface area contributed by atoms with Gasteiger partial charge in [-0.25, -0.2) is 0 Å².